The van der Waals surface area contributed by atoms with Crippen LogP contribution in [0.15, 0.2) is 30.3 Å². The minimum Gasteiger partial charge on any atom is -0.444 e. The lowest BCUT2D eigenvalue weighted by Gasteiger charge is -2.29. The van der Waals surface area contributed by atoms with Crippen molar-refractivity contribution in [1.82, 2.24) is 5.01 Å². The fourth-order valence-corrected chi connectivity index (χ4v) is 2.30. The smallest absolute Gasteiger partial charge is 0.424 e. The van der Waals surface area contributed by atoms with Gasteiger partial charge in [0.15, 0.2) is 0 Å². The number of ether oxygens (including phenoxy) is 1. The molecule has 4 nitrogen and oxygen atoms in total. The van der Waals surface area contributed by atoms with Crippen LogP contribution in [0.2, 0.25) is 0 Å². The summed E-state index contributed by atoms with van der Waals surface area (Å²) in [6.45, 7) is 0.278. The highest BCUT2D eigenvalue weighted by atomic mass is 16.6. The van der Waals surface area contributed by atoms with Gasteiger partial charge in [-0.05, 0) is 18.4 Å². The molecule has 0 aromatic heterocycles. The molecule has 1 aromatic carbocycles. The number of nitrogens with zero attached hydrogens (tertiary/aromatic N) is 1. The van der Waals surface area contributed by atoms with Crippen LogP contribution in [0.5, 0.6) is 0 Å². The fourth-order valence-electron chi connectivity index (χ4n) is 2.30. The second kappa shape index (κ2) is 6.40. The molecule has 0 bridgehead atoms. The molecule has 4 heteroatoms. The maximum atomic E-state index is 11.8. The summed E-state index contributed by atoms with van der Waals surface area (Å²) in [6, 6.07) is 9.77. The summed E-state index contributed by atoms with van der Waals surface area (Å²) in [6.07, 6.45) is 5.07. The number of hydrazine groups is 1. The summed E-state index contributed by atoms with van der Waals surface area (Å²) < 4.78 is 5.21. The molecule has 98 valence electrons. The highest BCUT2D eigenvalue weighted by Gasteiger charge is 2.23. The number of amides is 1. The second-order valence-corrected chi connectivity index (χ2v) is 4.74. The van der Waals surface area contributed by atoms with E-state index in [0.717, 1.165) is 31.2 Å². The van der Waals surface area contributed by atoms with E-state index in [1.54, 1.807) is 0 Å². The number of nitrogens with two attached hydrogens (primary N) is 1. The van der Waals surface area contributed by atoms with E-state index in [2.05, 4.69) is 0 Å². The molecule has 2 N–H and O–H groups in total. The molecule has 0 heterocycles. The molecule has 0 unspecified atom stereocenters. The summed E-state index contributed by atoms with van der Waals surface area (Å²) in [5.41, 5.74) is 0.975. The van der Waals surface area contributed by atoms with E-state index in [9.17, 15) is 4.79 Å². The first-order chi connectivity index (χ1) is 8.77. The lowest BCUT2D eigenvalue weighted by atomic mass is 9.95. The van der Waals surface area contributed by atoms with E-state index in [1.807, 2.05) is 30.3 Å². The molecule has 18 heavy (non-hydrogen) atoms. The normalized spacial score (nSPS) is 16.3. The zero-order chi connectivity index (χ0) is 12.8. The average Bonchev–Trinajstić information content (AvgIpc) is 2.46. The SMILES string of the molecule is NN(C(=O)OCc1ccccc1)C1CCCCC1. The zero-order valence-corrected chi connectivity index (χ0v) is 10.5. The summed E-state index contributed by atoms with van der Waals surface area (Å²) in [7, 11) is 0. The molecule has 0 spiro atoms. The summed E-state index contributed by atoms with van der Waals surface area (Å²) in [5, 5.41) is 1.27. The topological polar surface area (TPSA) is 55.6 Å². The monoisotopic (exact) mass is 248 g/mol. The Morgan fingerprint density at radius 2 is 1.89 bits per heavy atom. The second-order valence-electron chi connectivity index (χ2n) is 4.74. The van der Waals surface area contributed by atoms with Crippen LogP contribution in [0.25, 0.3) is 0 Å². The van der Waals surface area contributed by atoms with Gasteiger partial charge in [0.2, 0.25) is 0 Å². The van der Waals surface area contributed by atoms with Crippen LogP contribution in [0, 0.1) is 0 Å². The summed E-state index contributed by atoms with van der Waals surface area (Å²) in [4.78, 5) is 11.8. The maximum absolute atomic E-state index is 11.8. The van der Waals surface area contributed by atoms with Crippen molar-refractivity contribution in [2.24, 2.45) is 5.84 Å². The predicted molar refractivity (Wildman–Crippen MR) is 69.5 cm³/mol. The zero-order valence-electron chi connectivity index (χ0n) is 10.5. The van der Waals surface area contributed by atoms with Crippen molar-refractivity contribution in [2.45, 2.75) is 44.8 Å². The van der Waals surface area contributed by atoms with E-state index >= 15 is 0 Å². The van der Waals surface area contributed by atoms with Crippen molar-refractivity contribution in [1.29, 1.82) is 0 Å². The van der Waals surface area contributed by atoms with Gasteiger partial charge in [-0.25, -0.2) is 15.6 Å². The van der Waals surface area contributed by atoms with Crippen LogP contribution in [0.1, 0.15) is 37.7 Å². The lowest BCUT2D eigenvalue weighted by Crippen LogP contribution is -2.46. The van der Waals surface area contributed by atoms with Gasteiger partial charge in [-0.1, -0.05) is 49.6 Å². The minimum absolute atomic E-state index is 0.141. The third-order valence-corrected chi connectivity index (χ3v) is 3.38. The van der Waals surface area contributed by atoms with Crippen molar-refractivity contribution in [3.8, 4) is 0 Å². The van der Waals surface area contributed by atoms with Crippen LogP contribution >= 0.6 is 0 Å². The van der Waals surface area contributed by atoms with Gasteiger partial charge in [0.1, 0.15) is 6.61 Å². The van der Waals surface area contributed by atoms with Crippen molar-refractivity contribution < 1.29 is 9.53 Å². The number of hydrogen-bond donors (Lipinski definition) is 1. The Morgan fingerprint density at radius 1 is 1.22 bits per heavy atom. The van der Waals surface area contributed by atoms with Crippen LogP contribution in [-0.4, -0.2) is 17.1 Å². The van der Waals surface area contributed by atoms with Crippen molar-refractivity contribution in [2.75, 3.05) is 0 Å². The largest absolute Gasteiger partial charge is 0.444 e. The molecule has 2 rings (SSSR count). The first kappa shape index (κ1) is 12.9. The predicted octanol–water partition coefficient (Wildman–Crippen LogP) is 2.83. The van der Waals surface area contributed by atoms with E-state index in [0.29, 0.717) is 0 Å². The molecule has 1 aromatic rings. The number of carbonyl (C=O) groups excluding carboxylic acids is 1. The van der Waals surface area contributed by atoms with Crippen molar-refractivity contribution in [3.05, 3.63) is 35.9 Å². The molecule has 1 aliphatic rings. The first-order valence-electron chi connectivity index (χ1n) is 6.52. The number of hydrogen-bond acceptors (Lipinski definition) is 3. The van der Waals surface area contributed by atoms with E-state index in [4.69, 9.17) is 10.6 Å². The van der Waals surface area contributed by atoms with Crippen molar-refractivity contribution in [3.63, 3.8) is 0 Å². The quantitative estimate of drug-likeness (QED) is 0.508. The van der Waals surface area contributed by atoms with Crippen LogP contribution in [0.4, 0.5) is 4.79 Å². The van der Waals surface area contributed by atoms with Crippen LogP contribution in [-0.2, 0) is 11.3 Å². The number of benzene rings is 1. The molecule has 1 saturated carbocycles. The Kier molecular flexibility index (Phi) is 4.59. The maximum Gasteiger partial charge on any atom is 0.424 e. The number of rotatable bonds is 3. The molecule has 1 fully saturated rings. The van der Waals surface area contributed by atoms with Gasteiger partial charge in [-0.15, -0.1) is 0 Å². The van der Waals surface area contributed by atoms with Gasteiger partial charge in [-0.2, -0.15) is 0 Å². The molecular formula is C14H20N2O2. The van der Waals surface area contributed by atoms with E-state index < -0.39 is 6.09 Å². The van der Waals surface area contributed by atoms with Gasteiger partial charge in [-0.3, -0.25) is 0 Å². The Bertz CT molecular complexity index is 375. The summed E-state index contributed by atoms with van der Waals surface area (Å²) in [5.74, 6) is 5.81. The van der Waals surface area contributed by atoms with E-state index in [-0.39, 0.29) is 12.6 Å². The lowest BCUT2D eigenvalue weighted by molar-refractivity contribution is 0.0718. The third kappa shape index (κ3) is 3.47. The molecule has 1 aliphatic carbocycles. The molecule has 0 radical (unpaired) electrons. The molecular weight excluding hydrogens is 228 g/mol. The standard InChI is InChI=1S/C14H20N2O2/c15-16(13-9-5-2-6-10-13)14(17)18-11-12-7-3-1-4-8-12/h1,3-4,7-8,13H,2,5-6,9-11,15H2. The Morgan fingerprint density at radius 3 is 2.56 bits per heavy atom. The molecule has 0 atom stereocenters. The highest BCUT2D eigenvalue weighted by Crippen LogP contribution is 2.21. The Hall–Kier alpha value is -1.55. The minimum atomic E-state index is -0.425. The van der Waals surface area contributed by atoms with Gasteiger partial charge in [0.25, 0.3) is 0 Å². The fraction of sp³-hybridized carbons (Fsp3) is 0.500. The van der Waals surface area contributed by atoms with Crippen LogP contribution in [0.3, 0.4) is 0 Å². The number of carbonyl (C=O) groups is 1. The molecule has 0 saturated heterocycles. The van der Waals surface area contributed by atoms with Crippen molar-refractivity contribution >= 4 is 6.09 Å². The van der Waals surface area contributed by atoms with Gasteiger partial charge in [0, 0.05) is 0 Å². The average molecular weight is 248 g/mol. The van der Waals surface area contributed by atoms with Gasteiger partial charge < -0.3 is 4.74 Å². The highest BCUT2D eigenvalue weighted by molar-refractivity contribution is 5.67. The summed E-state index contributed by atoms with van der Waals surface area (Å²) >= 11 is 0. The van der Waals surface area contributed by atoms with E-state index in [1.165, 1.54) is 11.4 Å². The molecule has 1 amide bonds. The van der Waals surface area contributed by atoms with Gasteiger partial charge in [0.05, 0.1) is 6.04 Å². The third-order valence-electron chi connectivity index (χ3n) is 3.38. The van der Waals surface area contributed by atoms with Crippen LogP contribution < -0.4 is 5.84 Å². The van der Waals surface area contributed by atoms with Gasteiger partial charge >= 0.3 is 6.09 Å². The Balaban J connectivity index is 1.80. The Labute approximate surface area is 108 Å². The first-order valence-corrected chi connectivity index (χ1v) is 6.52. The molecule has 0 aliphatic heterocycles.